The van der Waals surface area contributed by atoms with Crippen LogP contribution in [0, 0.1) is 19.8 Å². The number of amides is 1. The van der Waals surface area contributed by atoms with Gasteiger partial charge in [-0.2, -0.15) is 0 Å². The van der Waals surface area contributed by atoms with Gasteiger partial charge in [0, 0.05) is 11.6 Å². The Hall–Kier alpha value is -2.34. The van der Waals surface area contributed by atoms with Crippen LogP contribution in [-0.4, -0.2) is 14.3 Å². The maximum atomic E-state index is 12.6. The van der Waals surface area contributed by atoms with E-state index in [2.05, 4.69) is 10.0 Å². The summed E-state index contributed by atoms with van der Waals surface area (Å²) < 4.78 is 27.8. The van der Waals surface area contributed by atoms with Gasteiger partial charge >= 0.3 is 0 Å². The van der Waals surface area contributed by atoms with Crippen LogP contribution in [0.3, 0.4) is 0 Å². The van der Waals surface area contributed by atoms with Gasteiger partial charge in [-0.1, -0.05) is 36.6 Å². The minimum Gasteiger partial charge on any atom is -0.326 e. The standard InChI is InChI=1S/C20H24N2O3S/c1-14-7-11-18(12-8-14)26(24,25)22-19-13-17(10-9-15(19)2)21-20(23)16-5-3-4-6-16/h7-13,16,22H,3-6H2,1-2H3,(H,21,23). The number of carbonyl (C=O) groups is 1. The number of sulfonamides is 1. The van der Waals surface area contributed by atoms with Crippen LogP contribution in [-0.2, 0) is 14.8 Å². The van der Waals surface area contributed by atoms with E-state index < -0.39 is 10.0 Å². The molecule has 0 bridgehead atoms. The number of rotatable bonds is 5. The van der Waals surface area contributed by atoms with E-state index in [4.69, 9.17) is 0 Å². The average Bonchev–Trinajstić information content (AvgIpc) is 3.13. The molecule has 0 heterocycles. The lowest BCUT2D eigenvalue weighted by Gasteiger charge is -2.14. The van der Waals surface area contributed by atoms with E-state index in [1.54, 1.807) is 42.5 Å². The molecular formula is C20H24N2O3S. The van der Waals surface area contributed by atoms with Crippen LogP contribution in [0.1, 0.15) is 36.8 Å². The molecule has 3 rings (SSSR count). The van der Waals surface area contributed by atoms with Crippen molar-refractivity contribution in [1.29, 1.82) is 0 Å². The maximum absolute atomic E-state index is 12.6. The zero-order valence-electron chi connectivity index (χ0n) is 15.1. The van der Waals surface area contributed by atoms with Crippen molar-refractivity contribution in [2.24, 2.45) is 5.92 Å². The summed E-state index contributed by atoms with van der Waals surface area (Å²) in [7, 11) is -3.68. The van der Waals surface area contributed by atoms with Gasteiger partial charge in [-0.25, -0.2) is 8.42 Å². The molecule has 0 saturated heterocycles. The number of hydrogen-bond donors (Lipinski definition) is 2. The molecule has 5 nitrogen and oxygen atoms in total. The maximum Gasteiger partial charge on any atom is 0.261 e. The van der Waals surface area contributed by atoms with E-state index in [-0.39, 0.29) is 16.7 Å². The second-order valence-electron chi connectivity index (χ2n) is 6.92. The topological polar surface area (TPSA) is 75.3 Å². The average molecular weight is 372 g/mol. The highest BCUT2D eigenvalue weighted by atomic mass is 32.2. The summed E-state index contributed by atoms with van der Waals surface area (Å²) in [6.07, 6.45) is 4.02. The van der Waals surface area contributed by atoms with E-state index in [9.17, 15) is 13.2 Å². The van der Waals surface area contributed by atoms with Crippen molar-refractivity contribution in [3.8, 4) is 0 Å². The van der Waals surface area contributed by atoms with Crippen molar-refractivity contribution in [2.45, 2.75) is 44.4 Å². The quantitative estimate of drug-likeness (QED) is 0.824. The molecule has 0 radical (unpaired) electrons. The number of anilines is 2. The molecule has 0 spiro atoms. The minimum absolute atomic E-state index is 0.0127. The fourth-order valence-electron chi connectivity index (χ4n) is 3.16. The second-order valence-corrected chi connectivity index (χ2v) is 8.60. The largest absolute Gasteiger partial charge is 0.326 e. The van der Waals surface area contributed by atoms with Crippen LogP contribution in [0.4, 0.5) is 11.4 Å². The van der Waals surface area contributed by atoms with Crippen molar-refractivity contribution in [3.05, 3.63) is 53.6 Å². The smallest absolute Gasteiger partial charge is 0.261 e. The van der Waals surface area contributed by atoms with Crippen LogP contribution >= 0.6 is 0 Å². The molecule has 0 atom stereocenters. The van der Waals surface area contributed by atoms with Crippen LogP contribution in [0.25, 0.3) is 0 Å². The van der Waals surface area contributed by atoms with Gasteiger partial charge in [-0.05, 0) is 56.5 Å². The summed E-state index contributed by atoms with van der Waals surface area (Å²) in [6.45, 7) is 3.74. The molecule has 1 saturated carbocycles. The lowest BCUT2D eigenvalue weighted by molar-refractivity contribution is -0.119. The number of carbonyl (C=O) groups excluding carboxylic acids is 1. The molecule has 1 amide bonds. The van der Waals surface area contributed by atoms with E-state index >= 15 is 0 Å². The summed E-state index contributed by atoms with van der Waals surface area (Å²) in [5.74, 6) is 0.0719. The molecule has 2 aromatic rings. The van der Waals surface area contributed by atoms with E-state index in [1.165, 1.54) is 0 Å². The van der Waals surface area contributed by atoms with Gasteiger partial charge in [-0.3, -0.25) is 9.52 Å². The predicted molar refractivity (Wildman–Crippen MR) is 104 cm³/mol. The SMILES string of the molecule is Cc1ccc(S(=O)(=O)Nc2cc(NC(=O)C3CCCC3)ccc2C)cc1. The van der Waals surface area contributed by atoms with Crippen molar-refractivity contribution in [1.82, 2.24) is 0 Å². The Morgan fingerprint density at radius 1 is 1.00 bits per heavy atom. The molecule has 1 fully saturated rings. The minimum atomic E-state index is -3.68. The summed E-state index contributed by atoms with van der Waals surface area (Å²) >= 11 is 0. The first-order valence-electron chi connectivity index (χ1n) is 8.86. The number of aryl methyl sites for hydroxylation is 2. The Balaban J connectivity index is 1.79. The number of hydrogen-bond acceptors (Lipinski definition) is 3. The van der Waals surface area contributed by atoms with E-state index in [0.29, 0.717) is 11.4 Å². The van der Waals surface area contributed by atoms with E-state index in [1.807, 2.05) is 13.8 Å². The van der Waals surface area contributed by atoms with Crippen LogP contribution in [0.15, 0.2) is 47.4 Å². The molecule has 138 valence electrons. The highest BCUT2D eigenvalue weighted by Crippen LogP contribution is 2.28. The Kier molecular flexibility index (Phi) is 5.32. The molecular weight excluding hydrogens is 348 g/mol. The van der Waals surface area contributed by atoms with Crippen LogP contribution in [0.2, 0.25) is 0 Å². The zero-order chi connectivity index (χ0) is 18.7. The van der Waals surface area contributed by atoms with E-state index in [0.717, 1.165) is 36.8 Å². The number of benzene rings is 2. The fourth-order valence-corrected chi connectivity index (χ4v) is 4.28. The van der Waals surface area contributed by atoms with Crippen LogP contribution < -0.4 is 10.0 Å². The first-order valence-corrected chi connectivity index (χ1v) is 10.3. The summed E-state index contributed by atoms with van der Waals surface area (Å²) in [5, 5.41) is 2.91. The van der Waals surface area contributed by atoms with Crippen molar-refractivity contribution in [2.75, 3.05) is 10.0 Å². The van der Waals surface area contributed by atoms with Gasteiger partial charge in [0.2, 0.25) is 5.91 Å². The second kappa shape index (κ2) is 7.50. The third-order valence-corrected chi connectivity index (χ3v) is 6.19. The summed E-state index contributed by atoms with van der Waals surface area (Å²) in [6, 6.07) is 12.0. The van der Waals surface area contributed by atoms with Gasteiger partial charge in [0.05, 0.1) is 10.6 Å². The highest BCUT2D eigenvalue weighted by molar-refractivity contribution is 7.92. The van der Waals surface area contributed by atoms with Gasteiger partial charge in [0.15, 0.2) is 0 Å². The zero-order valence-corrected chi connectivity index (χ0v) is 15.9. The monoisotopic (exact) mass is 372 g/mol. The fraction of sp³-hybridized carbons (Fsp3) is 0.350. The molecule has 2 N–H and O–H groups in total. The Morgan fingerprint density at radius 2 is 1.65 bits per heavy atom. The molecule has 1 aliphatic carbocycles. The molecule has 2 aromatic carbocycles. The van der Waals surface area contributed by atoms with Gasteiger partial charge < -0.3 is 5.32 Å². The molecule has 26 heavy (non-hydrogen) atoms. The first-order chi connectivity index (χ1) is 12.3. The molecule has 0 aromatic heterocycles. The lowest BCUT2D eigenvalue weighted by Crippen LogP contribution is -2.20. The molecule has 1 aliphatic rings. The van der Waals surface area contributed by atoms with Crippen LogP contribution in [0.5, 0.6) is 0 Å². The third-order valence-electron chi connectivity index (χ3n) is 4.81. The summed E-state index contributed by atoms with van der Waals surface area (Å²) in [5.41, 5.74) is 2.86. The Morgan fingerprint density at radius 3 is 2.31 bits per heavy atom. The van der Waals surface area contributed by atoms with Gasteiger partial charge in [0.25, 0.3) is 10.0 Å². The molecule has 6 heteroatoms. The van der Waals surface area contributed by atoms with Gasteiger partial charge in [0.1, 0.15) is 0 Å². The molecule has 0 unspecified atom stereocenters. The van der Waals surface area contributed by atoms with Crippen molar-refractivity contribution < 1.29 is 13.2 Å². The predicted octanol–water partition coefficient (Wildman–Crippen LogP) is 4.23. The summed E-state index contributed by atoms with van der Waals surface area (Å²) in [4.78, 5) is 12.5. The number of nitrogens with one attached hydrogen (secondary N) is 2. The lowest BCUT2D eigenvalue weighted by atomic mass is 10.1. The van der Waals surface area contributed by atoms with Crippen molar-refractivity contribution >= 4 is 27.3 Å². The Labute approximate surface area is 154 Å². The van der Waals surface area contributed by atoms with Crippen molar-refractivity contribution in [3.63, 3.8) is 0 Å². The third kappa shape index (κ3) is 4.25. The van der Waals surface area contributed by atoms with Gasteiger partial charge in [-0.15, -0.1) is 0 Å². The molecule has 0 aliphatic heterocycles. The normalized spacial score (nSPS) is 15.0. The highest BCUT2D eigenvalue weighted by Gasteiger charge is 2.23. The first kappa shape index (κ1) is 18.5. The Bertz CT molecular complexity index is 899.